The number of fused-ring (bicyclic) bond motifs is 1. The van der Waals surface area contributed by atoms with Gasteiger partial charge in [0.15, 0.2) is 0 Å². The molecule has 0 spiro atoms. The molecule has 0 fully saturated rings. The van der Waals surface area contributed by atoms with E-state index in [0.717, 1.165) is 45.8 Å². The second-order valence-corrected chi connectivity index (χ2v) is 6.76. The van der Waals surface area contributed by atoms with Crippen LogP contribution in [0.1, 0.15) is 28.3 Å². The van der Waals surface area contributed by atoms with Gasteiger partial charge in [-0.1, -0.05) is 39.7 Å². The summed E-state index contributed by atoms with van der Waals surface area (Å²) in [5, 5.41) is 0.756. The Morgan fingerprint density at radius 2 is 2.14 bits per heavy atom. The Kier molecular flexibility index (Phi) is 4.25. The molecule has 110 valence electrons. The van der Waals surface area contributed by atoms with Crippen molar-refractivity contribution in [1.82, 2.24) is 0 Å². The maximum atomic E-state index is 6.37. The summed E-state index contributed by atoms with van der Waals surface area (Å²) in [6.07, 6.45) is 1.65. The van der Waals surface area contributed by atoms with Gasteiger partial charge in [0.05, 0.1) is 6.61 Å². The van der Waals surface area contributed by atoms with E-state index in [-0.39, 0.29) is 6.04 Å². The first-order chi connectivity index (χ1) is 10.0. The monoisotopic (exact) mass is 365 g/mol. The summed E-state index contributed by atoms with van der Waals surface area (Å²) in [6.45, 7) is 2.80. The smallest absolute Gasteiger partial charge is 0.125 e. The normalized spacial score (nSPS) is 14.7. The van der Waals surface area contributed by atoms with Crippen LogP contribution in [0.4, 0.5) is 0 Å². The molecule has 1 aliphatic heterocycles. The van der Waals surface area contributed by atoms with Gasteiger partial charge in [0.1, 0.15) is 5.75 Å². The number of hydrogen-bond acceptors (Lipinski definition) is 2. The summed E-state index contributed by atoms with van der Waals surface area (Å²) in [4.78, 5) is 0. The van der Waals surface area contributed by atoms with Gasteiger partial charge in [0, 0.05) is 22.0 Å². The Balaban J connectivity index is 1.88. The molecule has 0 aromatic heterocycles. The molecule has 2 nitrogen and oxygen atoms in total. The van der Waals surface area contributed by atoms with E-state index in [9.17, 15) is 0 Å². The summed E-state index contributed by atoms with van der Waals surface area (Å²) in [5.41, 5.74) is 11.0. The van der Waals surface area contributed by atoms with Gasteiger partial charge < -0.3 is 10.5 Å². The van der Waals surface area contributed by atoms with Crippen molar-refractivity contribution in [3.8, 4) is 5.75 Å². The molecule has 0 radical (unpaired) electrons. The molecule has 3 rings (SSSR count). The number of benzene rings is 2. The lowest BCUT2D eigenvalue weighted by atomic mass is 9.97. The second kappa shape index (κ2) is 5.99. The minimum Gasteiger partial charge on any atom is -0.493 e. The zero-order valence-corrected chi connectivity index (χ0v) is 14.2. The van der Waals surface area contributed by atoms with E-state index in [1.54, 1.807) is 0 Å². The largest absolute Gasteiger partial charge is 0.493 e. The van der Waals surface area contributed by atoms with Crippen LogP contribution in [0.3, 0.4) is 0 Å². The van der Waals surface area contributed by atoms with Crippen LogP contribution >= 0.6 is 27.5 Å². The third kappa shape index (κ3) is 3.10. The average molecular weight is 367 g/mol. The highest BCUT2D eigenvalue weighted by Gasteiger charge is 2.19. The lowest BCUT2D eigenvalue weighted by Crippen LogP contribution is -2.14. The first-order valence-electron chi connectivity index (χ1n) is 7.00. The molecule has 2 aromatic carbocycles. The maximum Gasteiger partial charge on any atom is 0.125 e. The van der Waals surface area contributed by atoms with Gasteiger partial charge in [-0.2, -0.15) is 0 Å². The molecule has 1 aliphatic rings. The molecule has 0 saturated carbocycles. The summed E-state index contributed by atoms with van der Waals surface area (Å²) in [7, 11) is 0. The van der Waals surface area contributed by atoms with E-state index < -0.39 is 0 Å². The van der Waals surface area contributed by atoms with Gasteiger partial charge >= 0.3 is 0 Å². The lowest BCUT2D eigenvalue weighted by molar-refractivity contribution is 0.352. The molecule has 0 saturated heterocycles. The van der Waals surface area contributed by atoms with Gasteiger partial charge in [0.2, 0.25) is 0 Å². The van der Waals surface area contributed by atoms with E-state index in [1.807, 2.05) is 12.1 Å². The molecular formula is C17H17BrClNO. The van der Waals surface area contributed by atoms with Crippen LogP contribution < -0.4 is 10.5 Å². The van der Waals surface area contributed by atoms with Crippen molar-refractivity contribution >= 4 is 27.5 Å². The molecule has 1 unspecified atom stereocenters. The Morgan fingerprint density at radius 1 is 1.33 bits per heavy atom. The first kappa shape index (κ1) is 14.9. The molecule has 0 bridgehead atoms. The number of rotatable bonds is 3. The van der Waals surface area contributed by atoms with Gasteiger partial charge in [-0.15, -0.1) is 0 Å². The van der Waals surface area contributed by atoms with Crippen molar-refractivity contribution in [3.63, 3.8) is 0 Å². The molecule has 2 N–H and O–H groups in total. The highest BCUT2D eigenvalue weighted by atomic mass is 79.9. The lowest BCUT2D eigenvalue weighted by Gasteiger charge is -2.16. The van der Waals surface area contributed by atoms with Crippen LogP contribution in [0, 0.1) is 6.92 Å². The van der Waals surface area contributed by atoms with Crippen molar-refractivity contribution in [3.05, 3.63) is 62.1 Å². The number of nitrogens with two attached hydrogens (primary N) is 1. The van der Waals surface area contributed by atoms with E-state index >= 15 is 0 Å². The number of ether oxygens (including phenoxy) is 1. The summed E-state index contributed by atoms with van der Waals surface area (Å²) >= 11 is 9.76. The van der Waals surface area contributed by atoms with Crippen LogP contribution in [-0.2, 0) is 12.8 Å². The fourth-order valence-corrected chi connectivity index (χ4v) is 3.35. The predicted molar refractivity (Wildman–Crippen MR) is 90.2 cm³/mol. The SMILES string of the molecule is Cc1ccc(C(N)Cc2cc(Cl)cc3c2OCC3)cc1Br. The fourth-order valence-electron chi connectivity index (χ4n) is 2.69. The Morgan fingerprint density at radius 3 is 2.90 bits per heavy atom. The minimum absolute atomic E-state index is 0.0753. The van der Waals surface area contributed by atoms with Crippen molar-refractivity contribution in [2.24, 2.45) is 5.73 Å². The van der Waals surface area contributed by atoms with E-state index in [4.69, 9.17) is 22.1 Å². The second-order valence-electron chi connectivity index (χ2n) is 5.47. The van der Waals surface area contributed by atoms with E-state index in [1.165, 1.54) is 11.1 Å². The number of aryl methyl sites for hydroxylation is 1. The molecule has 4 heteroatoms. The van der Waals surface area contributed by atoms with Crippen LogP contribution in [0.5, 0.6) is 5.75 Å². The van der Waals surface area contributed by atoms with Gasteiger partial charge in [-0.3, -0.25) is 0 Å². The van der Waals surface area contributed by atoms with Crippen molar-refractivity contribution in [2.45, 2.75) is 25.8 Å². The van der Waals surface area contributed by atoms with Crippen LogP contribution in [0.2, 0.25) is 5.02 Å². The quantitative estimate of drug-likeness (QED) is 0.862. The summed E-state index contributed by atoms with van der Waals surface area (Å²) < 4.78 is 6.83. The molecule has 1 heterocycles. The fraction of sp³-hybridized carbons (Fsp3) is 0.294. The zero-order chi connectivity index (χ0) is 15.0. The van der Waals surface area contributed by atoms with Crippen molar-refractivity contribution in [2.75, 3.05) is 6.61 Å². The van der Waals surface area contributed by atoms with E-state index in [0.29, 0.717) is 0 Å². The van der Waals surface area contributed by atoms with Gasteiger partial charge in [-0.05, 0) is 53.8 Å². The van der Waals surface area contributed by atoms with Crippen molar-refractivity contribution in [1.29, 1.82) is 0 Å². The third-order valence-electron chi connectivity index (χ3n) is 3.89. The number of hydrogen-bond donors (Lipinski definition) is 1. The van der Waals surface area contributed by atoms with E-state index in [2.05, 4.69) is 41.1 Å². The van der Waals surface area contributed by atoms with Crippen LogP contribution in [-0.4, -0.2) is 6.61 Å². The maximum absolute atomic E-state index is 6.37. The Hall–Kier alpha value is -1.03. The Labute approximate surface area is 138 Å². The van der Waals surface area contributed by atoms with Crippen LogP contribution in [0.25, 0.3) is 0 Å². The minimum atomic E-state index is -0.0753. The average Bonchev–Trinajstić information content (AvgIpc) is 2.90. The molecular weight excluding hydrogens is 350 g/mol. The van der Waals surface area contributed by atoms with Crippen LogP contribution in [0.15, 0.2) is 34.8 Å². The molecule has 21 heavy (non-hydrogen) atoms. The molecule has 0 amide bonds. The van der Waals surface area contributed by atoms with Crippen molar-refractivity contribution < 1.29 is 4.74 Å². The highest BCUT2D eigenvalue weighted by molar-refractivity contribution is 9.10. The zero-order valence-electron chi connectivity index (χ0n) is 11.8. The molecule has 2 aromatic rings. The standard InChI is InChI=1S/C17H17BrClNO/c1-10-2-3-11(8-15(10)18)16(20)9-13-7-14(19)6-12-4-5-21-17(12)13/h2-3,6-8,16H,4-5,9,20H2,1H3. The third-order valence-corrected chi connectivity index (χ3v) is 4.96. The predicted octanol–water partition coefficient (Wildman–Crippen LogP) is 4.59. The molecule has 0 aliphatic carbocycles. The highest BCUT2D eigenvalue weighted by Crippen LogP contribution is 2.35. The number of halogens is 2. The van der Waals surface area contributed by atoms with Gasteiger partial charge in [0.25, 0.3) is 0 Å². The topological polar surface area (TPSA) is 35.2 Å². The van der Waals surface area contributed by atoms with Gasteiger partial charge in [-0.25, -0.2) is 0 Å². The summed E-state index contributed by atoms with van der Waals surface area (Å²) in [6, 6.07) is 10.1. The Bertz CT molecular complexity index is 687. The summed E-state index contributed by atoms with van der Waals surface area (Å²) in [5.74, 6) is 0.973. The first-order valence-corrected chi connectivity index (χ1v) is 8.17. The molecule has 1 atom stereocenters.